The number of nitrogens with one attached hydrogen (secondary N) is 1. The minimum atomic E-state index is -0.141. The Hall–Kier alpha value is -4.00. The summed E-state index contributed by atoms with van der Waals surface area (Å²) in [4.78, 5) is 35.5. The molecule has 2 amide bonds. The monoisotopic (exact) mass is 425 g/mol. The second kappa shape index (κ2) is 8.26. The minimum absolute atomic E-state index is 0.112. The lowest BCUT2D eigenvalue weighted by molar-refractivity contribution is -0.118. The molecular weight excluding hydrogens is 402 g/mol. The van der Waals surface area contributed by atoms with Crippen molar-refractivity contribution in [3.63, 3.8) is 0 Å². The number of pyridine rings is 1. The number of carbonyl (C=O) groups is 2. The molecule has 4 aromatic rings. The molecule has 160 valence electrons. The third-order valence-electron chi connectivity index (χ3n) is 5.80. The Labute approximate surface area is 185 Å². The first kappa shape index (κ1) is 19.9. The van der Waals surface area contributed by atoms with Gasteiger partial charge in [-0.2, -0.15) is 0 Å². The Kier molecular flexibility index (Phi) is 5.15. The number of aromatic nitrogens is 3. The molecule has 3 heterocycles. The van der Waals surface area contributed by atoms with Crippen molar-refractivity contribution < 1.29 is 9.59 Å². The van der Waals surface area contributed by atoms with Crippen molar-refractivity contribution in [2.45, 2.75) is 26.3 Å². The van der Waals surface area contributed by atoms with Crippen LogP contribution >= 0.6 is 0 Å². The van der Waals surface area contributed by atoms with E-state index < -0.39 is 0 Å². The van der Waals surface area contributed by atoms with E-state index >= 15 is 0 Å². The predicted octanol–water partition coefficient (Wildman–Crippen LogP) is 3.65. The Bertz CT molecular complexity index is 1310. The van der Waals surface area contributed by atoms with Gasteiger partial charge in [-0.05, 0) is 53.9 Å². The van der Waals surface area contributed by atoms with Crippen molar-refractivity contribution >= 4 is 28.5 Å². The van der Waals surface area contributed by atoms with E-state index in [-0.39, 0.29) is 11.8 Å². The fourth-order valence-electron chi connectivity index (χ4n) is 4.08. The zero-order chi connectivity index (χ0) is 22.1. The fourth-order valence-corrected chi connectivity index (χ4v) is 4.08. The van der Waals surface area contributed by atoms with Gasteiger partial charge in [0.1, 0.15) is 12.1 Å². The van der Waals surface area contributed by atoms with Crippen molar-refractivity contribution in [1.29, 1.82) is 0 Å². The van der Waals surface area contributed by atoms with E-state index in [1.807, 2.05) is 60.0 Å². The van der Waals surface area contributed by atoms with Gasteiger partial charge in [-0.15, -0.1) is 0 Å². The summed E-state index contributed by atoms with van der Waals surface area (Å²) in [5.74, 6) is 0.747. The topological polar surface area (TPSA) is 80.1 Å². The lowest BCUT2D eigenvalue weighted by Gasteiger charge is -2.16. The van der Waals surface area contributed by atoms with E-state index in [4.69, 9.17) is 0 Å². The van der Waals surface area contributed by atoms with Crippen molar-refractivity contribution in [3.8, 4) is 5.82 Å². The number of amides is 2. The quantitative estimate of drug-likeness (QED) is 0.529. The third kappa shape index (κ3) is 3.62. The molecule has 2 aromatic heterocycles. The zero-order valence-corrected chi connectivity index (χ0v) is 17.8. The first-order valence-corrected chi connectivity index (χ1v) is 10.7. The number of hydrogen-bond donors (Lipinski definition) is 1. The molecule has 1 aliphatic heterocycles. The van der Waals surface area contributed by atoms with E-state index in [9.17, 15) is 9.59 Å². The second-order valence-corrected chi connectivity index (χ2v) is 7.80. The van der Waals surface area contributed by atoms with Gasteiger partial charge in [-0.1, -0.05) is 25.1 Å². The van der Waals surface area contributed by atoms with Crippen LogP contribution in [0, 0.1) is 0 Å². The summed E-state index contributed by atoms with van der Waals surface area (Å²) >= 11 is 0. The van der Waals surface area contributed by atoms with Crippen LogP contribution in [-0.4, -0.2) is 32.9 Å². The van der Waals surface area contributed by atoms with E-state index in [1.165, 1.54) is 0 Å². The van der Waals surface area contributed by atoms with Gasteiger partial charge in [-0.25, -0.2) is 9.97 Å². The van der Waals surface area contributed by atoms with E-state index in [0.717, 1.165) is 40.1 Å². The molecule has 1 aliphatic rings. The molecule has 0 unspecified atom stereocenters. The van der Waals surface area contributed by atoms with Gasteiger partial charge in [0, 0.05) is 37.0 Å². The highest BCUT2D eigenvalue weighted by molar-refractivity contribution is 5.98. The summed E-state index contributed by atoms with van der Waals surface area (Å²) in [7, 11) is 0. The maximum absolute atomic E-state index is 12.7. The van der Waals surface area contributed by atoms with Crippen LogP contribution in [0.25, 0.3) is 16.9 Å². The van der Waals surface area contributed by atoms with Crippen LogP contribution in [-0.2, 0) is 17.8 Å². The van der Waals surface area contributed by atoms with Crippen LogP contribution in [0.15, 0.2) is 67.1 Å². The molecule has 2 aromatic carbocycles. The molecule has 1 N–H and O–H groups in total. The highest BCUT2D eigenvalue weighted by atomic mass is 16.2. The van der Waals surface area contributed by atoms with Crippen LogP contribution in [0.1, 0.15) is 34.8 Å². The standard InChI is InChI=1S/C25H23N5O2/c1-2-24(31)29-12-11-18-13-19(8-9-21(18)29)25(32)27-15-17-7-10-23(26-14-17)30-16-28-20-5-3-4-6-22(20)30/h3-10,13-14,16H,2,11-12,15H2,1H3,(H,27,32). The summed E-state index contributed by atoms with van der Waals surface area (Å²) in [6.07, 6.45) is 4.78. The van der Waals surface area contributed by atoms with E-state index in [1.54, 1.807) is 23.5 Å². The maximum atomic E-state index is 12.7. The maximum Gasteiger partial charge on any atom is 0.251 e. The van der Waals surface area contributed by atoms with Gasteiger partial charge in [0.15, 0.2) is 0 Å². The molecule has 7 heteroatoms. The summed E-state index contributed by atoms with van der Waals surface area (Å²) in [5.41, 5.74) is 5.38. The van der Waals surface area contributed by atoms with Crippen LogP contribution in [0.4, 0.5) is 5.69 Å². The summed E-state index contributed by atoms with van der Waals surface area (Å²) in [5, 5.41) is 2.96. The molecule has 0 bridgehead atoms. The second-order valence-electron chi connectivity index (χ2n) is 7.80. The van der Waals surface area contributed by atoms with Gasteiger partial charge in [0.2, 0.25) is 5.91 Å². The number of rotatable bonds is 5. The lowest BCUT2D eigenvalue weighted by atomic mass is 10.1. The number of benzene rings is 2. The van der Waals surface area contributed by atoms with E-state index in [0.29, 0.717) is 25.1 Å². The Morgan fingerprint density at radius 2 is 1.94 bits per heavy atom. The van der Waals surface area contributed by atoms with Crippen LogP contribution < -0.4 is 10.2 Å². The van der Waals surface area contributed by atoms with Crippen LogP contribution in [0.3, 0.4) is 0 Å². The first-order valence-electron chi connectivity index (χ1n) is 10.7. The molecule has 0 radical (unpaired) electrons. The highest BCUT2D eigenvalue weighted by Gasteiger charge is 2.24. The molecule has 5 rings (SSSR count). The first-order chi connectivity index (χ1) is 15.6. The predicted molar refractivity (Wildman–Crippen MR) is 123 cm³/mol. The van der Waals surface area contributed by atoms with Gasteiger partial charge in [0.25, 0.3) is 5.91 Å². The number of anilines is 1. The molecule has 32 heavy (non-hydrogen) atoms. The molecule has 7 nitrogen and oxygen atoms in total. The summed E-state index contributed by atoms with van der Waals surface area (Å²) in [6.45, 7) is 2.92. The molecule has 0 fully saturated rings. The number of fused-ring (bicyclic) bond motifs is 2. The molecule has 0 saturated heterocycles. The molecule has 0 atom stereocenters. The summed E-state index contributed by atoms with van der Waals surface area (Å²) < 4.78 is 1.94. The SMILES string of the molecule is CCC(=O)N1CCc2cc(C(=O)NCc3ccc(-n4cnc5ccccc54)nc3)ccc21. The number of hydrogen-bond acceptors (Lipinski definition) is 4. The number of nitrogens with zero attached hydrogens (tertiary/aromatic N) is 4. The lowest BCUT2D eigenvalue weighted by Crippen LogP contribution is -2.27. The zero-order valence-electron chi connectivity index (χ0n) is 17.8. The third-order valence-corrected chi connectivity index (χ3v) is 5.80. The number of imidazole rings is 1. The fraction of sp³-hybridized carbons (Fsp3) is 0.200. The number of carbonyl (C=O) groups excluding carboxylic acids is 2. The van der Waals surface area contributed by atoms with Crippen molar-refractivity contribution in [1.82, 2.24) is 19.9 Å². The highest BCUT2D eigenvalue weighted by Crippen LogP contribution is 2.29. The smallest absolute Gasteiger partial charge is 0.251 e. The van der Waals surface area contributed by atoms with Gasteiger partial charge in [-0.3, -0.25) is 14.2 Å². The van der Waals surface area contributed by atoms with Gasteiger partial charge >= 0.3 is 0 Å². The molecule has 0 saturated carbocycles. The normalized spacial score (nSPS) is 12.7. The Balaban J connectivity index is 1.25. The van der Waals surface area contributed by atoms with Crippen molar-refractivity contribution in [2.75, 3.05) is 11.4 Å². The number of para-hydroxylation sites is 2. The van der Waals surface area contributed by atoms with Crippen molar-refractivity contribution in [3.05, 3.63) is 83.8 Å². The average Bonchev–Trinajstić information content (AvgIpc) is 3.46. The van der Waals surface area contributed by atoms with Gasteiger partial charge in [0.05, 0.1) is 11.0 Å². The van der Waals surface area contributed by atoms with Crippen LogP contribution in [0.5, 0.6) is 0 Å². The largest absolute Gasteiger partial charge is 0.348 e. The Morgan fingerprint density at radius 1 is 1.06 bits per heavy atom. The van der Waals surface area contributed by atoms with Crippen LogP contribution in [0.2, 0.25) is 0 Å². The molecular formula is C25H23N5O2. The average molecular weight is 425 g/mol. The molecule has 0 aliphatic carbocycles. The summed E-state index contributed by atoms with van der Waals surface area (Å²) in [6, 6.07) is 17.3. The van der Waals surface area contributed by atoms with E-state index in [2.05, 4.69) is 15.3 Å². The van der Waals surface area contributed by atoms with Crippen molar-refractivity contribution in [2.24, 2.45) is 0 Å². The minimum Gasteiger partial charge on any atom is -0.348 e. The van der Waals surface area contributed by atoms with Gasteiger partial charge < -0.3 is 10.2 Å². The molecule has 0 spiro atoms. The Morgan fingerprint density at radius 3 is 2.75 bits per heavy atom.